The van der Waals surface area contributed by atoms with Crippen LogP contribution in [0, 0.1) is 13.8 Å². The van der Waals surface area contributed by atoms with E-state index < -0.39 is 0 Å². The van der Waals surface area contributed by atoms with Crippen LogP contribution in [0.4, 0.5) is 11.4 Å². The number of benzene rings is 2. The minimum absolute atomic E-state index is 0.0905. The number of anilines is 2. The van der Waals surface area contributed by atoms with E-state index in [4.69, 9.17) is 5.73 Å². The summed E-state index contributed by atoms with van der Waals surface area (Å²) in [7, 11) is 0. The predicted octanol–water partition coefficient (Wildman–Crippen LogP) is 3.82. The molecule has 0 aromatic heterocycles. The molecule has 5 nitrogen and oxygen atoms in total. The molecule has 6 heteroatoms. The van der Waals surface area contributed by atoms with Gasteiger partial charge in [-0.3, -0.25) is 9.79 Å². The second-order valence-electron chi connectivity index (χ2n) is 5.52. The number of aryl methyl sites for hydroxylation is 2. The molecule has 0 aliphatic heterocycles. The number of halogens is 1. The van der Waals surface area contributed by atoms with Crippen LogP contribution < -0.4 is 16.4 Å². The van der Waals surface area contributed by atoms with Crippen LogP contribution >= 0.6 is 15.9 Å². The molecule has 0 heterocycles. The number of nitrogens with zero attached hydrogens (tertiary/aromatic N) is 1. The van der Waals surface area contributed by atoms with Crippen LogP contribution in [0.1, 0.15) is 17.5 Å². The third kappa shape index (κ3) is 5.70. The third-order valence-electron chi connectivity index (χ3n) is 3.41. The fourth-order valence-electron chi connectivity index (χ4n) is 2.08. The summed E-state index contributed by atoms with van der Waals surface area (Å²) >= 11 is 3.40. The highest BCUT2D eigenvalue weighted by Crippen LogP contribution is 2.20. The van der Waals surface area contributed by atoms with E-state index in [-0.39, 0.29) is 12.3 Å². The van der Waals surface area contributed by atoms with Crippen molar-refractivity contribution in [2.45, 2.75) is 20.3 Å². The van der Waals surface area contributed by atoms with Gasteiger partial charge in [-0.25, -0.2) is 0 Å². The molecule has 0 unspecified atom stereocenters. The lowest BCUT2D eigenvalue weighted by atomic mass is 10.2. The van der Waals surface area contributed by atoms with Crippen molar-refractivity contribution >= 4 is 39.2 Å². The van der Waals surface area contributed by atoms with E-state index in [0.29, 0.717) is 12.5 Å². The van der Waals surface area contributed by atoms with E-state index in [1.807, 2.05) is 56.3 Å². The van der Waals surface area contributed by atoms with Crippen molar-refractivity contribution in [2.24, 2.45) is 10.7 Å². The highest BCUT2D eigenvalue weighted by Gasteiger charge is 2.05. The maximum atomic E-state index is 12.0. The average molecular weight is 389 g/mol. The van der Waals surface area contributed by atoms with Gasteiger partial charge in [0.1, 0.15) is 0 Å². The van der Waals surface area contributed by atoms with Crippen LogP contribution in [0.5, 0.6) is 0 Å². The second-order valence-corrected chi connectivity index (χ2v) is 6.43. The summed E-state index contributed by atoms with van der Waals surface area (Å²) in [5, 5.41) is 5.88. The number of amides is 1. The Hall–Kier alpha value is -2.34. The molecule has 1 amide bonds. The number of hydrogen-bond acceptors (Lipinski definition) is 2. The Labute approximate surface area is 150 Å². The lowest BCUT2D eigenvalue weighted by Gasteiger charge is -2.08. The van der Waals surface area contributed by atoms with Crippen LogP contribution in [-0.4, -0.2) is 18.4 Å². The standard InChI is InChI=1S/C18H21BrN4O/c1-12-3-6-15(7-4-12)22-18(20)21-10-9-17(24)23-16-8-5-14(19)11-13(16)2/h3-8,11H,9-10H2,1-2H3,(H,23,24)(H3,20,21,22). The molecule has 0 aliphatic rings. The van der Waals surface area contributed by atoms with Crippen molar-refractivity contribution in [2.75, 3.05) is 17.2 Å². The molecule has 0 saturated carbocycles. The Bertz CT molecular complexity index is 741. The molecule has 2 aromatic rings. The maximum absolute atomic E-state index is 12.0. The summed E-state index contributed by atoms with van der Waals surface area (Å²) in [6.45, 7) is 4.29. The third-order valence-corrected chi connectivity index (χ3v) is 3.90. The molecule has 0 saturated heterocycles. The molecule has 0 radical (unpaired) electrons. The summed E-state index contributed by atoms with van der Waals surface area (Å²) in [5.41, 5.74) is 9.68. The molecular weight excluding hydrogens is 368 g/mol. The SMILES string of the molecule is Cc1ccc(NC(N)=NCCC(=O)Nc2ccc(Br)cc2C)cc1. The predicted molar refractivity (Wildman–Crippen MR) is 103 cm³/mol. The first kappa shape index (κ1) is 18.0. The highest BCUT2D eigenvalue weighted by atomic mass is 79.9. The van der Waals surface area contributed by atoms with Crippen LogP contribution in [0.2, 0.25) is 0 Å². The highest BCUT2D eigenvalue weighted by molar-refractivity contribution is 9.10. The van der Waals surface area contributed by atoms with Crippen LogP contribution in [0.3, 0.4) is 0 Å². The Morgan fingerprint density at radius 1 is 1.12 bits per heavy atom. The van der Waals surface area contributed by atoms with Gasteiger partial charge in [-0.1, -0.05) is 33.6 Å². The van der Waals surface area contributed by atoms with Gasteiger partial charge in [-0.15, -0.1) is 0 Å². The number of rotatable bonds is 5. The Morgan fingerprint density at radius 3 is 2.50 bits per heavy atom. The molecular formula is C18H21BrN4O. The zero-order chi connectivity index (χ0) is 17.5. The van der Waals surface area contributed by atoms with Gasteiger partial charge in [0, 0.05) is 22.3 Å². The summed E-state index contributed by atoms with van der Waals surface area (Å²) in [6, 6.07) is 13.6. The zero-order valence-corrected chi connectivity index (χ0v) is 15.4. The summed E-state index contributed by atoms with van der Waals surface area (Å²) in [5.74, 6) is 0.207. The van der Waals surface area contributed by atoms with Gasteiger partial charge in [-0.2, -0.15) is 0 Å². The van der Waals surface area contributed by atoms with Gasteiger partial charge < -0.3 is 16.4 Å². The number of carbonyl (C=O) groups is 1. The molecule has 4 N–H and O–H groups in total. The number of aliphatic imine (C=N–C) groups is 1. The molecule has 2 aromatic carbocycles. The van der Waals surface area contributed by atoms with Crippen molar-refractivity contribution in [1.82, 2.24) is 0 Å². The summed E-state index contributed by atoms with van der Waals surface area (Å²) in [4.78, 5) is 16.1. The van der Waals surface area contributed by atoms with Crippen molar-refractivity contribution in [1.29, 1.82) is 0 Å². The molecule has 2 rings (SSSR count). The van der Waals surface area contributed by atoms with E-state index >= 15 is 0 Å². The summed E-state index contributed by atoms with van der Waals surface area (Å²) < 4.78 is 0.984. The molecule has 0 fully saturated rings. The number of nitrogens with one attached hydrogen (secondary N) is 2. The molecule has 24 heavy (non-hydrogen) atoms. The van der Waals surface area contributed by atoms with E-state index in [2.05, 4.69) is 31.6 Å². The second kappa shape index (κ2) is 8.49. The van der Waals surface area contributed by atoms with Gasteiger partial charge in [0.25, 0.3) is 0 Å². The van der Waals surface area contributed by atoms with E-state index in [0.717, 1.165) is 21.4 Å². The van der Waals surface area contributed by atoms with Crippen molar-refractivity contribution in [3.8, 4) is 0 Å². The minimum Gasteiger partial charge on any atom is -0.370 e. The fraction of sp³-hybridized carbons (Fsp3) is 0.222. The minimum atomic E-state index is -0.0905. The van der Waals surface area contributed by atoms with Crippen LogP contribution in [-0.2, 0) is 4.79 Å². The molecule has 0 aliphatic carbocycles. The smallest absolute Gasteiger partial charge is 0.226 e. The van der Waals surface area contributed by atoms with E-state index in [1.54, 1.807) is 0 Å². The first-order valence-electron chi connectivity index (χ1n) is 7.63. The zero-order valence-electron chi connectivity index (χ0n) is 13.8. The summed E-state index contributed by atoms with van der Waals surface area (Å²) in [6.07, 6.45) is 0.270. The van der Waals surface area contributed by atoms with Gasteiger partial charge in [-0.05, 0) is 49.7 Å². The lowest BCUT2D eigenvalue weighted by Crippen LogP contribution is -2.23. The Morgan fingerprint density at radius 2 is 1.83 bits per heavy atom. The van der Waals surface area contributed by atoms with Crippen LogP contribution in [0.25, 0.3) is 0 Å². The monoisotopic (exact) mass is 388 g/mol. The van der Waals surface area contributed by atoms with Gasteiger partial charge >= 0.3 is 0 Å². The molecule has 126 valence electrons. The van der Waals surface area contributed by atoms with Gasteiger partial charge in [0.2, 0.25) is 5.91 Å². The first-order chi connectivity index (χ1) is 11.4. The number of hydrogen-bond donors (Lipinski definition) is 3. The number of carbonyl (C=O) groups excluding carboxylic acids is 1. The van der Waals surface area contributed by atoms with Crippen molar-refractivity contribution in [3.63, 3.8) is 0 Å². The topological polar surface area (TPSA) is 79.5 Å². The van der Waals surface area contributed by atoms with E-state index in [1.165, 1.54) is 5.56 Å². The van der Waals surface area contributed by atoms with Gasteiger partial charge in [0.05, 0.1) is 6.54 Å². The quantitative estimate of drug-likeness (QED) is 0.537. The van der Waals surface area contributed by atoms with Gasteiger partial charge in [0.15, 0.2) is 5.96 Å². The van der Waals surface area contributed by atoms with E-state index in [9.17, 15) is 4.79 Å². The fourth-order valence-corrected chi connectivity index (χ4v) is 2.56. The van der Waals surface area contributed by atoms with Crippen molar-refractivity contribution in [3.05, 3.63) is 58.1 Å². The first-order valence-corrected chi connectivity index (χ1v) is 8.43. The van der Waals surface area contributed by atoms with Crippen molar-refractivity contribution < 1.29 is 4.79 Å². The van der Waals surface area contributed by atoms with Crippen LogP contribution in [0.15, 0.2) is 51.9 Å². The largest absolute Gasteiger partial charge is 0.370 e. The lowest BCUT2D eigenvalue weighted by molar-refractivity contribution is -0.116. The molecule has 0 spiro atoms. The average Bonchev–Trinajstić information content (AvgIpc) is 2.52. The number of nitrogens with two attached hydrogens (primary N) is 1. The number of guanidine groups is 1. The molecule has 0 bridgehead atoms. The maximum Gasteiger partial charge on any atom is 0.226 e. The Balaban J connectivity index is 1.81. The molecule has 0 atom stereocenters. The normalized spacial score (nSPS) is 11.2. The Kier molecular flexibility index (Phi) is 6.37.